The zero-order valence-corrected chi connectivity index (χ0v) is 14.3. The molecule has 0 atom stereocenters. The maximum atomic E-state index is 5.93. The van der Waals surface area contributed by atoms with E-state index < -0.39 is 0 Å². The Morgan fingerprint density at radius 3 is 2.54 bits per heavy atom. The van der Waals surface area contributed by atoms with Crippen LogP contribution in [0.3, 0.4) is 0 Å². The van der Waals surface area contributed by atoms with Gasteiger partial charge in [0.05, 0.1) is 0 Å². The molecule has 4 nitrogen and oxygen atoms in total. The van der Waals surface area contributed by atoms with Crippen LogP contribution in [0.2, 0.25) is 5.02 Å². The second-order valence-corrected chi connectivity index (χ2v) is 6.83. The maximum absolute atomic E-state index is 5.93. The molecule has 0 amide bonds. The number of hydrogen-bond acceptors (Lipinski definition) is 4. The van der Waals surface area contributed by atoms with Crippen LogP contribution in [-0.2, 0) is 6.54 Å². The lowest BCUT2D eigenvalue weighted by molar-refractivity contribution is 0.173. The summed E-state index contributed by atoms with van der Waals surface area (Å²) >= 11 is 5.93. The molecular weight excluding hydrogens is 324 g/mol. The number of piperidine rings is 1. The van der Waals surface area contributed by atoms with E-state index in [9.17, 15) is 0 Å². The summed E-state index contributed by atoms with van der Waals surface area (Å²) in [5.41, 5.74) is 2.43. The fraction of sp³-hybridized carbons (Fsp3) is 0.368. The number of nitrogens with one attached hydrogen (secondary N) is 1. The summed E-state index contributed by atoms with van der Waals surface area (Å²) in [5, 5.41) is 4.38. The van der Waals surface area contributed by atoms with Crippen LogP contribution >= 0.6 is 11.6 Å². The van der Waals surface area contributed by atoms with Crippen molar-refractivity contribution in [3.8, 4) is 11.5 Å². The lowest BCUT2D eigenvalue weighted by Crippen LogP contribution is -2.38. The summed E-state index contributed by atoms with van der Waals surface area (Å²) in [6.45, 7) is 3.49. The van der Waals surface area contributed by atoms with E-state index in [-0.39, 0.29) is 0 Å². The number of nitrogens with zero attached hydrogens (tertiary/aromatic N) is 1. The number of likely N-dealkylation sites (tertiary alicyclic amines) is 1. The van der Waals surface area contributed by atoms with Gasteiger partial charge in [0.15, 0.2) is 11.5 Å². The van der Waals surface area contributed by atoms with Gasteiger partial charge in [-0.05, 0) is 54.8 Å². The minimum absolute atomic E-state index is 0.334. The van der Waals surface area contributed by atoms with Crippen molar-refractivity contribution in [1.82, 2.24) is 4.90 Å². The van der Waals surface area contributed by atoms with Gasteiger partial charge < -0.3 is 14.8 Å². The Balaban J connectivity index is 1.29. The van der Waals surface area contributed by atoms with E-state index in [2.05, 4.69) is 22.3 Å². The topological polar surface area (TPSA) is 33.7 Å². The smallest absolute Gasteiger partial charge is 0.231 e. The molecule has 5 heteroatoms. The summed E-state index contributed by atoms with van der Waals surface area (Å²) in [5.74, 6) is 1.72. The summed E-state index contributed by atoms with van der Waals surface area (Å²) in [6.07, 6.45) is 2.29. The molecule has 2 aliphatic rings. The molecule has 4 rings (SSSR count). The minimum Gasteiger partial charge on any atom is -0.454 e. The molecule has 0 unspecified atom stereocenters. The number of ether oxygens (including phenoxy) is 2. The van der Waals surface area contributed by atoms with Gasteiger partial charge in [0, 0.05) is 36.4 Å². The number of fused-ring (bicyclic) bond motifs is 1. The van der Waals surface area contributed by atoms with E-state index in [0.29, 0.717) is 12.8 Å². The SMILES string of the molecule is Clc1ccc(NC2CCN(Cc3ccc4c(c3)OCO4)CC2)cc1. The molecule has 1 N–H and O–H groups in total. The summed E-state index contributed by atoms with van der Waals surface area (Å²) in [4.78, 5) is 2.50. The van der Waals surface area contributed by atoms with Crippen LogP contribution in [-0.4, -0.2) is 30.8 Å². The van der Waals surface area contributed by atoms with Gasteiger partial charge in [0.25, 0.3) is 0 Å². The van der Waals surface area contributed by atoms with Crippen molar-refractivity contribution in [2.24, 2.45) is 0 Å². The van der Waals surface area contributed by atoms with Crippen molar-refractivity contribution in [2.75, 3.05) is 25.2 Å². The Morgan fingerprint density at radius 1 is 1.00 bits per heavy atom. The quantitative estimate of drug-likeness (QED) is 0.903. The fourth-order valence-corrected chi connectivity index (χ4v) is 3.44. The average molecular weight is 345 g/mol. The molecule has 0 bridgehead atoms. The van der Waals surface area contributed by atoms with Gasteiger partial charge in [-0.15, -0.1) is 0 Å². The minimum atomic E-state index is 0.334. The Hall–Kier alpha value is -1.91. The monoisotopic (exact) mass is 344 g/mol. The third kappa shape index (κ3) is 3.60. The van der Waals surface area contributed by atoms with Gasteiger partial charge in [-0.25, -0.2) is 0 Å². The number of hydrogen-bond donors (Lipinski definition) is 1. The van der Waals surface area contributed by atoms with Crippen LogP contribution < -0.4 is 14.8 Å². The lowest BCUT2D eigenvalue weighted by atomic mass is 10.0. The third-order valence-corrected chi connectivity index (χ3v) is 4.90. The first-order valence-electron chi connectivity index (χ1n) is 8.39. The van der Waals surface area contributed by atoms with Crippen molar-refractivity contribution in [3.63, 3.8) is 0 Å². The van der Waals surface area contributed by atoms with E-state index >= 15 is 0 Å². The van der Waals surface area contributed by atoms with Crippen LogP contribution in [0, 0.1) is 0 Å². The normalized spacial score (nSPS) is 17.9. The van der Waals surface area contributed by atoms with Crippen LogP contribution in [0.15, 0.2) is 42.5 Å². The number of benzene rings is 2. The van der Waals surface area contributed by atoms with E-state index in [1.165, 1.54) is 5.56 Å². The Kier molecular flexibility index (Phi) is 4.50. The Labute approximate surface area is 147 Å². The first-order valence-corrected chi connectivity index (χ1v) is 8.77. The second kappa shape index (κ2) is 6.91. The highest BCUT2D eigenvalue weighted by Crippen LogP contribution is 2.33. The standard InChI is InChI=1S/C19H21ClN2O2/c20-15-2-4-16(5-3-15)21-17-7-9-22(10-8-17)12-14-1-6-18-19(11-14)24-13-23-18/h1-6,11,17,21H,7-10,12-13H2. The predicted molar refractivity (Wildman–Crippen MR) is 95.9 cm³/mol. The van der Waals surface area contributed by atoms with Crippen molar-refractivity contribution in [3.05, 3.63) is 53.1 Å². The zero-order valence-electron chi connectivity index (χ0n) is 13.5. The van der Waals surface area contributed by atoms with Gasteiger partial charge >= 0.3 is 0 Å². The first kappa shape index (κ1) is 15.6. The highest BCUT2D eigenvalue weighted by Gasteiger charge is 2.20. The number of halogens is 1. The van der Waals surface area contributed by atoms with Crippen molar-refractivity contribution >= 4 is 17.3 Å². The van der Waals surface area contributed by atoms with Gasteiger partial charge in [-0.2, -0.15) is 0 Å². The third-order valence-electron chi connectivity index (χ3n) is 4.65. The largest absolute Gasteiger partial charge is 0.454 e. The van der Waals surface area contributed by atoms with E-state index in [4.69, 9.17) is 21.1 Å². The molecule has 0 saturated carbocycles. The van der Waals surface area contributed by atoms with Crippen molar-refractivity contribution < 1.29 is 9.47 Å². The van der Waals surface area contributed by atoms with Gasteiger partial charge in [-0.1, -0.05) is 17.7 Å². The van der Waals surface area contributed by atoms with Gasteiger partial charge in [0.2, 0.25) is 6.79 Å². The lowest BCUT2D eigenvalue weighted by Gasteiger charge is -2.33. The molecule has 2 aromatic carbocycles. The molecule has 126 valence electrons. The molecule has 0 radical (unpaired) electrons. The molecule has 1 saturated heterocycles. The molecule has 2 aliphatic heterocycles. The van der Waals surface area contributed by atoms with E-state index in [1.807, 2.05) is 30.3 Å². The molecular formula is C19H21ClN2O2. The van der Waals surface area contributed by atoms with Crippen LogP contribution in [0.4, 0.5) is 5.69 Å². The molecule has 1 fully saturated rings. The Morgan fingerprint density at radius 2 is 1.75 bits per heavy atom. The highest BCUT2D eigenvalue weighted by atomic mass is 35.5. The van der Waals surface area contributed by atoms with Crippen LogP contribution in [0.1, 0.15) is 18.4 Å². The number of anilines is 1. The molecule has 24 heavy (non-hydrogen) atoms. The maximum Gasteiger partial charge on any atom is 0.231 e. The molecule has 0 aliphatic carbocycles. The number of rotatable bonds is 4. The van der Waals surface area contributed by atoms with Crippen molar-refractivity contribution in [1.29, 1.82) is 0 Å². The Bertz CT molecular complexity index is 697. The van der Waals surface area contributed by atoms with Gasteiger partial charge in [0.1, 0.15) is 0 Å². The summed E-state index contributed by atoms with van der Waals surface area (Å²) < 4.78 is 10.8. The van der Waals surface area contributed by atoms with Crippen LogP contribution in [0.25, 0.3) is 0 Å². The second-order valence-electron chi connectivity index (χ2n) is 6.39. The molecule has 2 heterocycles. The van der Waals surface area contributed by atoms with E-state index in [0.717, 1.165) is 54.7 Å². The fourth-order valence-electron chi connectivity index (χ4n) is 3.31. The van der Waals surface area contributed by atoms with Crippen LogP contribution in [0.5, 0.6) is 11.5 Å². The first-order chi connectivity index (χ1) is 11.8. The molecule has 0 spiro atoms. The zero-order chi connectivity index (χ0) is 16.4. The van der Waals surface area contributed by atoms with Gasteiger partial charge in [-0.3, -0.25) is 4.90 Å². The highest BCUT2D eigenvalue weighted by molar-refractivity contribution is 6.30. The van der Waals surface area contributed by atoms with E-state index in [1.54, 1.807) is 0 Å². The average Bonchev–Trinajstić information content (AvgIpc) is 3.06. The summed E-state index contributed by atoms with van der Waals surface area (Å²) in [7, 11) is 0. The molecule has 2 aromatic rings. The predicted octanol–water partition coefficient (Wildman–Crippen LogP) is 4.15. The van der Waals surface area contributed by atoms with Crippen molar-refractivity contribution in [2.45, 2.75) is 25.4 Å². The summed E-state index contributed by atoms with van der Waals surface area (Å²) in [6, 6.07) is 14.7. The molecule has 0 aromatic heterocycles.